The number of hydrogen-bond acceptors (Lipinski definition) is 7. The minimum Gasteiger partial charge on any atom is -0.441 e. The first kappa shape index (κ1) is 26.0. The van der Waals surface area contributed by atoms with Crippen LogP contribution in [0.25, 0.3) is 0 Å². The average molecular weight is 564 g/mol. The molecule has 0 aliphatic carbocycles. The number of nitrogens with one attached hydrogen (secondary N) is 3. The van der Waals surface area contributed by atoms with Crippen molar-refractivity contribution in [2.24, 2.45) is 7.05 Å². The third-order valence-corrected chi connectivity index (χ3v) is 6.14. The van der Waals surface area contributed by atoms with Crippen LogP contribution >= 0.6 is 39.5 Å². The largest absolute Gasteiger partial charge is 0.441 e. The van der Waals surface area contributed by atoms with Gasteiger partial charge in [-0.15, -0.1) is 0 Å². The van der Waals surface area contributed by atoms with Gasteiger partial charge in [0.1, 0.15) is 6.20 Å². The van der Waals surface area contributed by atoms with Crippen LogP contribution in [0.1, 0.15) is 18.5 Å². The quantitative estimate of drug-likeness (QED) is 0.0960. The van der Waals surface area contributed by atoms with Crippen molar-refractivity contribution in [3.05, 3.63) is 22.0 Å². The van der Waals surface area contributed by atoms with Gasteiger partial charge in [-0.3, -0.25) is 4.57 Å². The molecule has 0 aliphatic rings. The van der Waals surface area contributed by atoms with Crippen LogP contribution in [0.2, 0.25) is 0 Å². The molecule has 12 nitrogen and oxygen atoms in total. The molecular weight excluding hydrogens is 539 g/mol. The average Bonchev–Trinajstić information content (AvgIpc) is 3.06. The van der Waals surface area contributed by atoms with E-state index < -0.39 is 18.7 Å². The van der Waals surface area contributed by atoms with Crippen molar-refractivity contribution in [3.8, 4) is 0 Å². The van der Waals surface area contributed by atoms with Gasteiger partial charge in [-0.2, -0.15) is 0 Å². The van der Waals surface area contributed by atoms with Crippen LogP contribution in [-0.2, 0) is 27.5 Å². The highest BCUT2D eigenvalue weighted by atomic mass is 79.9. The fraction of sp³-hybridized carbons (Fsp3) is 0.714. The summed E-state index contributed by atoms with van der Waals surface area (Å²) in [4.78, 5) is 25.5. The van der Waals surface area contributed by atoms with Crippen molar-refractivity contribution in [2.75, 3.05) is 36.9 Å². The van der Waals surface area contributed by atoms with Crippen LogP contribution in [0, 0.1) is 10.1 Å². The molecule has 166 valence electrons. The maximum absolute atomic E-state index is 12.5. The molecule has 1 heterocycles. The number of rotatable bonds is 15. The van der Waals surface area contributed by atoms with Crippen molar-refractivity contribution in [3.63, 3.8) is 0 Å². The molecular formula is C14H25Br2N6O6P. The van der Waals surface area contributed by atoms with Crippen molar-refractivity contribution in [1.82, 2.24) is 25.0 Å². The molecule has 0 aliphatic heterocycles. The van der Waals surface area contributed by atoms with E-state index in [1.54, 1.807) is 0 Å². The summed E-state index contributed by atoms with van der Waals surface area (Å²) in [6, 6.07) is 0. The smallest absolute Gasteiger partial charge is 0.434 e. The van der Waals surface area contributed by atoms with E-state index in [9.17, 15) is 19.5 Å². The summed E-state index contributed by atoms with van der Waals surface area (Å²) in [5.41, 5.74) is 0.406. The lowest BCUT2D eigenvalue weighted by Gasteiger charge is -2.19. The minimum absolute atomic E-state index is 0.131. The molecule has 1 amide bonds. The number of carbonyl (C=O) groups excluding carboxylic acids is 1. The van der Waals surface area contributed by atoms with Crippen molar-refractivity contribution >= 4 is 51.6 Å². The fourth-order valence-electron chi connectivity index (χ4n) is 2.06. The fourth-order valence-corrected chi connectivity index (χ4v) is 4.57. The molecule has 0 saturated carbocycles. The second kappa shape index (κ2) is 14.0. The van der Waals surface area contributed by atoms with Crippen molar-refractivity contribution in [1.29, 1.82) is 0 Å². The summed E-state index contributed by atoms with van der Waals surface area (Å²) in [6.45, 7) is 1.48. The van der Waals surface area contributed by atoms with Crippen LogP contribution in [-0.4, -0.2) is 57.5 Å². The van der Waals surface area contributed by atoms with Gasteiger partial charge in [-0.05, 0) is 17.8 Å². The number of amides is 1. The van der Waals surface area contributed by atoms with Crippen LogP contribution in [0.5, 0.6) is 0 Å². The number of ether oxygens (including phenoxy) is 1. The van der Waals surface area contributed by atoms with Gasteiger partial charge >= 0.3 is 19.7 Å². The Balaban J connectivity index is 2.22. The summed E-state index contributed by atoms with van der Waals surface area (Å²) >= 11 is 6.52. The Labute approximate surface area is 185 Å². The molecule has 0 saturated heterocycles. The van der Waals surface area contributed by atoms with Crippen molar-refractivity contribution in [2.45, 2.75) is 19.4 Å². The zero-order valence-electron chi connectivity index (χ0n) is 15.9. The Morgan fingerprint density at radius 2 is 1.93 bits per heavy atom. The molecule has 0 fully saturated rings. The highest BCUT2D eigenvalue weighted by Crippen LogP contribution is 2.37. The monoisotopic (exact) mass is 562 g/mol. The zero-order chi connectivity index (χ0) is 21.7. The first-order valence-corrected chi connectivity index (χ1v) is 12.6. The molecule has 1 aromatic heterocycles. The Kier molecular flexibility index (Phi) is 12.6. The number of nitro groups is 1. The van der Waals surface area contributed by atoms with Crippen LogP contribution < -0.4 is 15.5 Å². The number of hydrogen-bond donors (Lipinski definition) is 3. The molecule has 0 radical (unpaired) electrons. The third-order valence-electron chi connectivity index (χ3n) is 3.52. The maximum atomic E-state index is 12.5. The lowest BCUT2D eigenvalue weighted by atomic mass is 10.3. The number of aromatic nitrogens is 2. The number of unbranched alkanes of at least 4 members (excludes halogenated alkanes) is 1. The number of alkyl carbamates (subject to hydrolysis) is 1. The number of carbonyl (C=O) groups is 1. The van der Waals surface area contributed by atoms with E-state index in [0.717, 1.165) is 0 Å². The van der Waals surface area contributed by atoms with E-state index in [1.165, 1.54) is 17.8 Å². The highest BCUT2D eigenvalue weighted by molar-refractivity contribution is 9.09. The van der Waals surface area contributed by atoms with Crippen LogP contribution in [0.3, 0.4) is 0 Å². The zero-order valence-corrected chi connectivity index (χ0v) is 20.0. The lowest BCUT2D eigenvalue weighted by Crippen LogP contribution is -2.27. The summed E-state index contributed by atoms with van der Waals surface area (Å²) in [5, 5.41) is 20.3. The molecule has 15 heteroatoms. The van der Waals surface area contributed by atoms with Gasteiger partial charge in [0.05, 0.1) is 13.7 Å². The van der Waals surface area contributed by atoms with E-state index in [0.29, 0.717) is 48.8 Å². The van der Waals surface area contributed by atoms with Gasteiger partial charge in [-0.25, -0.2) is 19.5 Å². The topological polar surface area (TPSA) is 150 Å². The number of alkyl halides is 2. The Morgan fingerprint density at radius 3 is 2.48 bits per heavy atom. The second-order valence-corrected chi connectivity index (χ2v) is 9.23. The molecule has 3 N–H and O–H groups in total. The molecule has 0 atom stereocenters. The predicted octanol–water partition coefficient (Wildman–Crippen LogP) is 2.43. The Bertz CT molecular complexity index is 694. The molecule has 1 aromatic rings. The maximum Gasteiger partial charge on any atom is 0.434 e. The molecule has 0 spiro atoms. The first-order chi connectivity index (χ1) is 13.8. The van der Waals surface area contributed by atoms with Crippen LogP contribution in [0.15, 0.2) is 6.20 Å². The van der Waals surface area contributed by atoms with Gasteiger partial charge in [0.2, 0.25) is 0 Å². The van der Waals surface area contributed by atoms with E-state index in [4.69, 9.17) is 9.26 Å². The van der Waals surface area contributed by atoms with Gasteiger partial charge < -0.3 is 24.7 Å². The SMILES string of the molecule is Cn1c(COC(=O)NCCCCOP(=O)(NCCBr)NCCBr)cnc1[N+](=O)[O-]. The van der Waals surface area contributed by atoms with Crippen LogP contribution in [0.4, 0.5) is 10.7 Å². The van der Waals surface area contributed by atoms with E-state index in [2.05, 4.69) is 52.3 Å². The molecule has 29 heavy (non-hydrogen) atoms. The molecule has 0 bridgehead atoms. The standard InChI is InChI=1S/C14H25Br2N6O6P/c1-21-12(10-18-13(21)22(24)25)11-27-14(23)17-6-2-3-9-28-29(26,19-7-4-15)20-8-5-16/h10H,2-9,11H2,1H3,(H,17,23)(H2,19,20,26). The van der Waals surface area contributed by atoms with Gasteiger partial charge in [0.15, 0.2) is 12.3 Å². The Morgan fingerprint density at radius 1 is 1.28 bits per heavy atom. The van der Waals surface area contributed by atoms with E-state index >= 15 is 0 Å². The van der Waals surface area contributed by atoms with Crippen molar-refractivity contribution < 1.29 is 23.5 Å². The van der Waals surface area contributed by atoms with E-state index in [1.807, 2.05) is 0 Å². The minimum atomic E-state index is -3.10. The van der Waals surface area contributed by atoms with E-state index in [-0.39, 0.29) is 19.2 Å². The normalized spacial score (nSPS) is 11.4. The van der Waals surface area contributed by atoms with Gasteiger partial charge in [0.25, 0.3) is 0 Å². The van der Waals surface area contributed by atoms with Gasteiger partial charge in [-0.1, -0.05) is 36.8 Å². The number of halogens is 2. The number of nitrogens with zero attached hydrogens (tertiary/aromatic N) is 3. The molecule has 0 unspecified atom stereocenters. The molecule has 0 aromatic carbocycles. The summed E-state index contributed by atoms with van der Waals surface area (Å²) in [7, 11) is -1.63. The van der Waals surface area contributed by atoms with Gasteiger partial charge in [0, 0.05) is 30.3 Å². The summed E-state index contributed by atoms with van der Waals surface area (Å²) in [6.07, 6.45) is 1.83. The first-order valence-electron chi connectivity index (χ1n) is 8.75. The summed E-state index contributed by atoms with van der Waals surface area (Å²) in [5.74, 6) is -0.322. The molecule has 1 rings (SSSR count). The lowest BCUT2D eigenvalue weighted by molar-refractivity contribution is -0.396. The summed E-state index contributed by atoms with van der Waals surface area (Å²) < 4.78 is 24.3. The second-order valence-electron chi connectivity index (χ2n) is 5.65. The third kappa shape index (κ3) is 10.0. The number of imidazole rings is 1. The Hall–Kier alpha value is -1.05. The predicted molar refractivity (Wildman–Crippen MR) is 114 cm³/mol. The highest BCUT2D eigenvalue weighted by Gasteiger charge is 2.21.